The first-order chi connectivity index (χ1) is 7.33. The van der Waals surface area contributed by atoms with Crippen LogP contribution in [0.15, 0.2) is 0 Å². The number of rotatable bonds is 6. The Kier molecular flexibility index (Phi) is 5.67. The van der Waals surface area contributed by atoms with Crippen LogP contribution in [0.2, 0.25) is 0 Å². The van der Waals surface area contributed by atoms with Gasteiger partial charge in [0.2, 0.25) is 0 Å². The van der Waals surface area contributed by atoms with Crippen LogP contribution in [0, 0.1) is 11.3 Å². The van der Waals surface area contributed by atoms with Crippen molar-refractivity contribution < 1.29 is 5.11 Å². The molecule has 0 aromatic rings. The van der Waals surface area contributed by atoms with Crippen LogP contribution in [0.4, 0.5) is 0 Å². The Morgan fingerprint density at radius 1 is 1.60 bits per heavy atom. The molecule has 1 heterocycles. The van der Waals surface area contributed by atoms with Crippen LogP contribution in [0.5, 0.6) is 0 Å². The fraction of sp³-hybridized carbons (Fsp3) is 0.917. The van der Waals surface area contributed by atoms with Crippen LogP contribution in [0.1, 0.15) is 45.4 Å². The highest BCUT2D eigenvalue weighted by Gasteiger charge is 2.28. The van der Waals surface area contributed by atoms with E-state index in [4.69, 9.17) is 10.4 Å². The molecule has 1 saturated heterocycles. The Morgan fingerprint density at radius 2 is 2.40 bits per heavy atom. The molecule has 1 aliphatic rings. The predicted octanol–water partition coefficient (Wildman–Crippen LogP) is 1.92. The van der Waals surface area contributed by atoms with E-state index < -0.39 is 0 Å². The van der Waals surface area contributed by atoms with Crippen molar-refractivity contribution in [3.8, 4) is 6.07 Å². The molecule has 2 atom stereocenters. The zero-order chi connectivity index (χ0) is 11.1. The maximum absolute atomic E-state index is 8.84. The number of aliphatic hydroxyl groups excluding tert-OH is 1. The smallest absolute Gasteiger partial charge is 0.0638 e. The van der Waals surface area contributed by atoms with Gasteiger partial charge in [0.25, 0.3) is 0 Å². The van der Waals surface area contributed by atoms with Gasteiger partial charge in [-0.05, 0) is 38.6 Å². The third kappa shape index (κ3) is 3.48. The van der Waals surface area contributed by atoms with Gasteiger partial charge in [-0.1, -0.05) is 6.92 Å². The highest BCUT2D eigenvalue weighted by molar-refractivity contribution is 4.89. The SMILES string of the molecule is CCC(CC#N)N1CCCC1CCCO. The van der Waals surface area contributed by atoms with Gasteiger partial charge in [0.05, 0.1) is 12.5 Å². The third-order valence-electron chi connectivity index (χ3n) is 3.39. The Bertz CT molecular complexity index is 212. The summed E-state index contributed by atoms with van der Waals surface area (Å²) in [6.45, 7) is 3.58. The van der Waals surface area contributed by atoms with Crippen molar-refractivity contribution in [2.24, 2.45) is 0 Å². The Morgan fingerprint density at radius 3 is 3.00 bits per heavy atom. The molecule has 86 valence electrons. The van der Waals surface area contributed by atoms with Gasteiger partial charge in [-0.25, -0.2) is 0 Å². The predicted molar refractivity (Wildman–Crippen MR) is 60.4 cm³/mol. The van der Waals surface area contributed by atoms with Crippen LogP contribution in [0.25, 0.3) is 0 Å². The quantitative estimate of drug-likeness (QED) is 0.728. The maximum atomic E-state index is 8.84. The van der Waals surface area contributed by atoms with Crippen molar-refractivity contribution in [1.82, 2.24) is 4.90 Å². The molecule has 0 amide bonds. The van der Waals surface area contributed by atoms with E-state index in [0.717, 1.165) is 25.8 Å². The van der Waals surface area contributed by atoms with Gasteiger partial charge in [0.15, 0.2) is 0 Å². The molecule has 0 spiro atoms. The standard InChI is InChI=1S/C12H22N2O/c1-2-11(7-8-13)14-9-3-5-12(14)6-4-10-15/h11-12,15H,2-7,9-10H2,1H3. The van der Waals surface area contributed by atoms with Gasteiger partial charge in [-0.3, -0.25) is 4.90 Å². The Labute approximate surface area is 92.7 Å². The minimum Gasteiger partial charge on any atom is -0.396 e. The van der Waals surface area contributed by atoms with Crippen LogP contribution in [0.3, 0.4) is 0 Å². The van der Waals surface area contributed by atoms with Gasteiger partial charge in [0, 0.05) is 18.7 Å². The van der Waals surface area contributed by atoms with E-state index in [2.05, 4.69) is 17.9 Å². The Balaban J connectivity index is 2.46. The van der Waals surface area contributed by atoms with Gasteiger partial charge in [0.1, 0.15) is 0 Å². The zero-order valence-corrected chi connectivity index (χ0v) is 9.65. The number of hydrogen-bond acceptors (Lipinski definition) is 3. The third-order valence-corrected chi connectivity index (χ3v) is 3.39. The lowest BCUT2D eigenvalue weighted by Crippen LogP contribution is -2.38. The lowest BCUT2D eigenvalue weighted by molar-refractivity contribution is 0.159. The summed E-state index contributed by atoms with van der Waals surface area (Å²) in [6.07, 6.45) is 6.16. The molecule has 0 aromatic heterocycles. The van der Waals surface area contributed by atoms with Crippen LogP contribution < -0.4 is 0 Å². The summed E-state index contributed by atoms with van der Waals surface area (Å²) in [5, 5.41) is 17.6. The highest BCUT2D eigenvalue weighted by atomic mass is 16.2. The highest BCUT2D eigenvalue weighted by Crippen LogP contribution is 2.25. The summed E-state index contributed by atoms with van der Waals surface area (Å²) in [5.41, 5.74) is 0. The van der Waals surface area contributed by atoms with Crippen molar-refractivity contribution >= 4 is 0 Å². The van der Waals surface area contributed by atoms with Crippen molar-refractivity contribution in [1.29, 1.82) is 5.26 Å². The topological polar surface area (TPSA) is 47.3 Å². The van der Waals surface area contributed by atoms with Gasteiger partial charge in [-0.2, -0.15) is 5.26 Å². The molecule has 1 N–H and O–H groups in total. The van der Waals surface area contributed by atoms with Crippen molar-refractivity contribution in [3.05, 3.63) is 0 Å². The first kappa shape index (κ1) is 12.5. The molecule has 0 aliphatic carbocycles. The van der Waals surface area contributed by atoms with E-state index in [9.17, 15) is 0 Å². The minimum absolute atomic E-state index is 0.291. The number of nitrogens with zero attached hydrogens (tertiary/aromatic N) is 2. The molecule has 0 radical (unpaired) electrons. The molecule has 3 heteroatoms. The van der Waals surface area contributed by atoms with Crippen molar-refractivity contribution in [2.45, 2.75) is 57.5 Å². The van der Waals surface area contributed by atoms with Crippen molar-refractivity contribution in [2.75, 3.05) is 13.2 Å². The van der Waals surface area contributed by atoms with E-state index in [-0.39, 0.29) is 0 Å². The van der Waals surface area contributed by atoms with Gasteiger partial charge >= 0.3 is 0 Å². The second kappa shape index (κ2) is 6.81. The van der Waals surface area contributed by atoms with Gasteiger partial charge < -0.3 is 5.11 Å². The molecule has 15 heavy (non-hydrogen) atoms. The monoisotopic (exact) mass is 210 g/mol. The summed E-state index contributed by atoms with van der Waals surface area (Å²) in [6, 6.07) is 3.32. The lowest BCUT2D eigenvalue weighted by Gasteiger charge is -2.31. The first-order valence-electron chi connectivity index (χ1n) is 6.07. The second-order valence-corrected chi connectivity index (χ2v) is 4.32. The van der Waals surface area contributed by atoms with Gasteiger partial charge in [-0.15, -0.1) is 0 Å². The molecule has 1 aliphatic heterocycles. The van der Waals surface area contributed by atoms with Crippen LogP contribution in [-0.4, -0.2) is 35.2 Å². The van der Waals surface area contributed by atoms with E-state index >= 15 is 0 Å². The van der Waals surface area contributed by atoms with E-state index in [1.165, 1.54) is 12.8 Å². The first-order valence-corrected chi connectivity index (χ1v) is 6.07. The zero-order valence-electron chi connectivity index (χ0n) is 9.65. The molecule has 1 fully saturated rings. The van der Waals surface area contributed by atoms with E-state index in [1.54, 1.807) is 0 Å². The molecule has 0 aromatic carbocycles. The molecule has 0 bridgehead atoms. The van der Waals surface area contributed by atoms with E-state index in [1.807, 2.05) is 0 Å². The minimum atomic E-state index is 0.291. The molecule has 2 unspecified atom stereocenters. The molecule has 0 saturated carbocycles. The van der Waals surface area contributed by atoms with Crippen LogP contribution >= 0.6 is 0 Å². The number of likely N-dealkylation sites (tertiary alicyclic amines) is 1. The van der Waals surface area contributed by atoms with Crippen molar-refractivity contribution in [3.63, 3.8) is 0 Å². The molecule has 1 rings (SSSR count). The summed E-state index contributed by atoms with van der Waals surface area (Å²) in [5.74, 6) is 0. The number of hydrogen-bond donors (Lipinski definition) is 1. The molecular weight excluding hydrogens is 188 g/mol. The summed E-state index contributed by atoms with van der Waals surface area (Å²) in [4.78, 5) is 2.48. The largest absolute Gasteiger partial charge is 0.396 e. The molecule has 3 nitrogen and oxygen atoms in total. The fourth-order valence-electron chi connectivity index (χ4n) is 2.58. The summed E-state index contributed by atoms with van der Waals surface area (Å²) in [7, 11) is 0. The maximum Gasteiger partial charge on any atom is 0.0638 e. The summed E-state index contributed by atoms with van der Waals surface area (Å²) < 4.78 is 0. The molecular formula is C12H22N2O. The normalized spacial score (nSPS) is 23.9. The van der Waals surface area contributed by atoms with E-state index in [0.29, 0.717) is 25.1 Å². The summed E-state index contributed by atoms with van der Waals surface area (Å²) >= 11 is 0. The second-order valence-electron chi connectivity index (χ2n) is 4.32. The average molecular weight is 210 g/mol. The fourth-order valence-corrected chi connectivity index (χ4v) is 2.58. The number of nitriles is 1. The average Bonchev–Trinajstić information content (AvgIpc) is 2.71. The number of aliphatic hydroxyl groups is 1. The Hall–Kier alpha value is -0.590. The lowest BCUT2D eigenvalue weighted by atomic mass is 10.1. The van der Waals surface area contributed by atoms with Crippen LogP contribution in [-0.2, 0) is 0 Å².